The predicted octanol–water partition coefficient (Wildman–Crippen LogP) is 4.15. The molecule has 26 heavy (non-hydrogen) atoms. The zero-order valence-electron chi connectivity index (χ0n) is 14.5. The van der Waals surface area contributed by atoms with Gasteiger partial charge in [-0.05, 0) is 48.4 Å². The molecule has 0 aliphatic rings. The quantitative estimate of drug-likeness (QED) is 0.727. The highest BCUT2D eigenvalue weighted by Crippen LogP contribution is 2.16. The van der Waals surface area contributed by atoms with E-state index >= 15 is 0 Å². The molecular weight excluding hydrogens is 329 g/mol. The third-order valence-electron chi connectivity index (χ3n) is 4.08. The molecule has 0 spiro atoms. The number of amides is 1. The molecule has 1 aromatic heterocycles. The summed E-state index contributed by atoms with van der Waals surface area (Å²) in [5.74, 6) is -0.403. The van der Waals surface area contributed by atoms with E-state index < -0.39 is 0 Å². The fourth-order valence-corrected chi connectivity index (χ4v) is 2.60. The van der Waals surface area contributed by atoms with E-state index in [1.54, 1.807) is 36.3 Å². The first-order valence-electron chi connectivity index (χ1n) is 8.41. The van der Waals surface area contributed by atoms with Crippen LogP contribution in [0.4, 0.5) is 15.8 Å². The van der Waals surface area contributed by atoms with Gasteiger partial charge in [-0.2, -0.15) is 0 Å². The van der Waals surface area contributed by atoms with Crippen molar-refractivity contribution in [3.63, 3.8) is 0 Å². The van der Waals surface area contributed by atoms with E-state index in [-0.39, 0.29) is 11.7 Å². The molecule has 3 rings (SSSR count). The van der Waals surface area contributed by atoms with Crippen molar-refractivity contribution in [3.8, 4) is 0 Å². The Labute approximate surface area is 152 Å². The van der Waals surface area contributed by atoms with Crippen LogP contribution in [0.25, 0.3) is 0 Å². The molecule has 0 bridgehead atoms. The van der Waals surface area contributed by atoms with Gasteiger partial charge in [-0.3, -0.25) is 9.78 Å². The van der Waals surface area contributed by atoms with Crippen molar-refractivity contribution in [2.24, 2.45) is 0 Å². The maximum atomic E-state index is 12.9. The lowest BCUT2D eigenvalue weighted by molar-refractivity contribution is 0.0988. The minimum atomic E-state index is -0.235. The van der Waals surface area contributed by atoms with Gasteiger partial charge in [0.05, 0.1) is 0 Å². The van der Waals surface area contributed by atoms with E-state index in [0.717, 1.165) is 23.4 Å². The Hall–Kier alpha value is -3.21. The molecular formula is C21H20FN3O. The molecule has 1 N–H and O–H groups in total. The van der Waals surface area contributed by atoms with Crippen molar-refractivity contribution < 1.29 is 9.18 Å². The summed E-state index contributed by atoms with van der Waals surface area (Å²) in [6.45, 7) is 0.678. The summed E-state index contributed by atoms with van der Waals surface area (Å²) in [5, 5.41) is 3.28. The monoisotopic (exact) mass is 349 g/mol. The number of para-hydroxylation sites is 1. The molecule has 0 radical (unpaired) electrons. The molecule has 3 aromatic rings. The summed E-state index contributed by atoms with van der Waals surface area (Å²) in [4.78, 5) is 18.4. The Balaban J connectivity index is 1.62. The predicted molar refractivity (Wildman–Crippen MR) is 102 cm³/mol. The van der Waals surface area contributed by atoms with Crippen molar-refractivity contribution in [3.05, 3.63) is 90.0 Å². The molecule has 0 aliphatic heterocycles. The fourth-order valence-electron chi connectivity index (χ4n) is 2.60. The first kappa shape index (κ1) is 17.6. The number of rotatable bonds is 6. The summed E-state index contributed by atoms with van der Waals surface area (Å²) in [6, 6.07) is 19.5. The maximum absolute atomic E-state index is 12.9. The highest BCUT2D eigenvalue weighted by Gasteiger charge is 2.14. The van der Waals surface area contributed by atoms with Crippen molar-refractivity contribution in [2.75, 3.05) is 23.8 Å². The van der Waals surface area contributed by atoms with Gasteiger partial charge < -0.3 is 10.2 Å². The van der Waals surface area contributed by atoms with E-state index in [1.807, 2.05) is 36.4 Å². The van der Waals surface area contributed by atoms with E-state index in [1.165, 1.54) is 12.1 Å². The van der Waals surface area contributed by atoms with Crippen molar-refractivity contribution in [1.29, 1.82) is 0 Å². The minimum Gasteiger partial charge on any atom is -0.385 e. The van der Waals surface area contributed by atoms with Crippen LogP contribution in [0.5, 0.6) is 0 Å². The number of hydrogen-bond acceptors (Lipinski definition) is 3. The largest absolute Gasteiger partial charge is 0.385 e. The minimum absolute atomic E-state index is 0.168. The lowest BCUT2D eigenvalue weighted by Gasteiger charge is -2.17. The van der Waals surface area contributed by atoms with E-state index in [2.05, 4.69) is 10.3 Å². The highest BCUT2D eigenvalue weighted by molar-refractivity contribution is 6.04. The summed E-state index contributed by atoms with van der Waals surface area (Å²) < 4.78 is 12.9. The zero-order chi connectivity index (χ0) is 18.4. The standard InChI is InChI=1S/C21H20FN3O/c1-25(19-5-3-2-4-6-19)21(26)20-15-18(12-14-24-20)23-13-11-16-7-9-17(22)10-8-16/h2-10,12,14-15H,11,13H2,1H3,(H,23,24). The van der Waals surface area contributed by atoms with E-state index in [4.69, 9.17) is 0 Å². The Kier molecular flexibility index (Phi) is 5.59. The smallest absolute Gasteiger partial charge is 0.276 e. The topological polar surface area (TPSA) is 45.2 Å². The maximum Gasteiger partial charge on any atom is 0.276 e. The molecule has 0 saturated heterocycles. The van der Waals surface area contributed by atoms with Gasteiger partial charge in [-0.15, -0.1) is 0 Å². The van der Waals surface area contributed by atoms with Gasteiger partial charge in [0.25, 0.3) is 5.91 Å². The van der Waals surface area contributed by atoms with Crippen molar-refractivity contribution >= 4 is 17.3 Å². The van der Waals surface area contributed by atoms with Crippen LogP contribution < -0.4 is 10.2 Å². The van der Waals surface area contributed by atoms with Gasteiger partial charge in [-0.1, -0.05) is 30.3 Å². The third-order valence-corrected chi connectivity index (χ3v) is 4.08. The van der Waals surface area contributed by atoms with Crippen LogP contribution in [0, 0.1) is 5.82 Å². The number of nitrogens with zero attached hydrogens (tertiary/aromatic N) is 2. The lowest BCUT2D eigenvalue weighted by Crippen LogP contribution is -2.27. The normalized spacial score (nSPS) is 10.4. The van der Waals surface area contributed by atoms with Gasteiger partial charge in [0.1, 0.15) is 11.5 Å². The van der Waals surface area contributed by atoms with Crippen LogP contribution in [0.3, 0.4) is 0 Å². The van der Waals surface area contributed by atoms with Crippen LogP contribution in [-0.2, 0) is 6.42 Å². The first-order chi connectivity index (χ1) is 12.6. The molecule has 132 valence electrons. The van der Waals surface area contributed by atoms with Gasteiger partial charge in [0.2, 0.25) is 0 Å². The molecule has 4 nitrogen and oxygen atoms in total. The van der Waals surface area contributed by atoms with Crippen molar-refractivity contribution in [2.45, 2.75) is 6.42 Å². The summed E-state index contributed by atoms with van der Waals surface area (Å²) in [6.07, 6.45) is 2.38. The van der Waals surface area contributed by atoms with Gasteiger partial charge in [0.15, 0.2) is 0 Å². The highest BCUT2D eigenvalue weighted by atomic mass is 19.1. The zero-order valence-corrected chi connectivity index (χ0v) is 14.5. The molecule has 0 atom stereocenters. The van der Waals surface area contributed by atoms with Crippen LogP contribution in [0.2, 0.25) is 0 Å². The number of benzene rings is 2. The fraction of sp³-hybridized carbons (Fsp3) is 0.143. The Morgan fingerprint density at radius 3 is 2.54 bits per heavy atom. The van der Waals surface area contributed by atoms with E-state index in [0.29, 0.717) is 12.2 Å². The van der Waals surface area contributed by atoms with Gasteiger partial charge in [0, 0.05) is 31.2 Å². The molecule has 0 fully saturated rings. The molecule has 0 unspecified atom stereocenters. The SMILES string of the molecule is CN(C(=O)c1cc(NCCc2ccc(F)cc2)ccn1)c1ccccc1. The molecule has 1 heterocycles. The Morgan fingerprint density at radius 1 is 1.08 bits per heavy atom. The number of carbonyl (C=O) groups is 1. The van der Waals surface area contributed by atoms with Crippen LogP contribution in [-0.4, -0.2) is 24.5 Å². The molecule has 5 heteroatoms. The molecule has 1 amide bonds. The average Bonchev–Trinajstić information content (AvgIpc) is 2.69. The summed E-state index contributed by atoms with van der Waals surface area (Å²) in [7, 11) is 1.73. The van der Waals surface area contributed by atoms with Crippen LogP contribution in [0.1, 0.15) is 16.1 Å². The molecule has 0 aliphatic carbocycles. The second-order valence-electron chi connectivity index (χ2n) is 5.93. The van der Waals surface area contributed by atoms with Crippen LogP contribution >= 0.6 is 0 Å². The Morgan fingerprint density at radius 2 is 1.81 bits per heavy atom. The van der Waals surface area contributed by atoms with Gasteiger partial charge >= 0.3 is 0 Å². The second kappa shape index (κ2) is 8.25. The van der Waals surface area contributed by atoms with E-state index in [9.17, 15) is 9.18 Å². The Bertz CT molecular complexity index is 866. The first-order valence-corrected chi connectivity index (χ1v) is 8.41. The number of carbonyl (C=O) groups excluding carboxylic acids is 1. The number of halogens is 1. The lowest BCUT2D eigenvalue weighted by atomic mass is 10.1. The number of anilines is 2. The number of hydrogen-bond donors (Lipinski definition) is 1. The second-order valence-corrected chi connectivity index (χ2v) is 5.93. The van der Waals surface area contributed by atoms with Gasteiger partial charge in [-0.25, -0.2) is 4.39 Å². The number of aromatic nitrogens is 1. The molecule has 0 saturated carbocycles. The number of pyridine rings is 1. The van der Waals surface area contributed by atoms with Crippen molar-refractivity contribution in [1.82, 2.24) is 4.98 Å². The number of nitrogens with one attached hydrogen (secondary N) is 1. The summed E-state index contributed by atoms with van der Waals surface area (Å²) in [5.41, 5.74) is 3.07. The summed E-state index contributed by atoms with van der Waals surface area (Å²) >= 11 is 0. The van der Waals surface area contributed by atoms with Crippen LogP contribution in [0.15, 0.2) is 72.9 Å². The average molecular weight is 349 g/mol. The molecule has 2 aromatic carbocycles. The third kappa shape index (κ3) is 4.45.